The molecule has 0 spiro atoms. The van der Waals surface area contributed by atoms with Gasteiger partial charge in [0.1, 0.15) is 12.0 Å². The second-order valence-corrected chi connectivity index (χ2v) is 7.39. The molecule has 2 aromatic rings. The fourth-order valence-electron chi connectivity index (χ4n) is 3.62. The lowest BCUT2D eigenvalue weighted by Gasteiger charge is -2.39. The van der Waals surface area contributed by atoms with E-state index in [4.69, 9.17) is 9.15 Å². The minimum absolute atomic E-state index is 0.0631. The minimum Gasteiger partial charge on any atom is -0.545 e. The average Bonchev–Trinajstić information content (AvgIpc) is 3.10. The molecule has 0 bridgehead atoms. The van der Waals surface area contributed by atoms with Gasteiger partial charge in [-0.3, -0.25) is 4.79 Å². The van der Waals surface area contributed by atoms with E-state index in [9.17, 15) is 19.5 Å². The molecule has 0 saturated carbocycles. The molecule has 1 N–H and O–H groups in total. The number of carbonyl (C=O) groups is 3. The lowest BCUT2D eigenvalue weighted by molar-refractivity contribution is -0.255. The average molecular weight is 399 g/mol. The van der Waals surface area contributed by atoms with E-state index in [1.165, 1.54) is 13.0 Å². The Morgan fingerprint density at radius 3 is 2.59 bits per heavy atom. The molecule has 2 amide bonds. The third-order valence-electron chi connectivity index (χ3n) is 4.77. The molecule has 154 valence electrons. The molecule has 0 radical (unpaired) electrons. The van der Waals surface area contributed by atoms with Crippen molar-refractivity contribution >= 4 is 23.7 Å². The zero-order chi connectivity index (χ0) is 21.3. The van der Waals surface area contributed by atoms with Crippen LogP contribution < -0.4 is 15.3 Å². The highest BCUT2D eigenvalue weighted by atomic mass is 16.6. The smallest absolute Gasteiger partial charge is 0.407 e. The number of benzene rings is 1. The van der Waals surface area contributed by atoms with Crippen molar-refractivity contribution in [3.8, 4) is 11.3 Å². The molecule has 2 atom stereocenters. The van der Waals surface area contributed by atoms with E-state index in [0.717, 1.165) is 11.8 Å². The molecule has 1 aromatic heterocycles. The molecule has 1 aliphatic rings. The van der Waals surface area contributed by atoms with E-state index >= 15 is 0 Å². The molecule has 1 unspecified atom stereocenters. The van der Waals surface area contributed by atoms with Gasteiger partial charge in [-0.25, -0.2) is 4.79 Å². The number of alkyl carbamates (subject to hydrolysis) is 1. The molecule has 1 aliphatic heterocycles. The van der Waals surface area contributed by atoms with Gasteiger partial charge in [-0.15, -0.1) is 0 Å². The number of anilines is 1. The van der Waals surface area contributed by atoms with Crippen LogP contribution in [0.15, 0.2) is 34.9 Å². The van der Waals surface area contributed by atoms with Crippen LogP contribution >= 0.6 is 0 Å². The van der Waals surface area contributed by atoms with Gasteiger partial charge in [0.2, 0.25) is 5.91 Å². The number of nitrogens with one attached hydrogen (secondary N) is 1. The highest BCUT2D eigenvalue weighted by molar-refractivity contribution is 5.94. The summed E-state index contributed by atoms with van der Waals surface area (Å²) < 4.78 is 10.6. The summed E-state index contributed by atoms with van der Waals surface area (Å²) in [7, 11) is 0. The number of aromatic carboxylic acids is 1. The first-order valence-electron chi connectivity index (χ1n) is 9.38. The maximum absolute atomic E-state index is 12.2. The minimum atomic E-state index is -1.33. The normalized spacial score (nSPS) is 18.3. The summed E-state index contributed by atoms with van der Waals surface area (Å²) >= 11 is 0. The quantitative estimate of drug-likeness (QED) is 0.846. The Hall–Kier alpha value is -3.29. The van der Waals surface area contributed by atoms with Gasteiger partial charge in [-0.2, -0.15) is 0 Å². The van der Waals surface area contributed by atoms with E-state index in [2.05, 4.69) is 5.32 Å². The third kappa shape index (κ3) is 4.26. The summed E-state index contributed by atoms with van der Waals surface area (Å²) in [6, 6.07) is 6.18. The first-order chi connectivity index (χ1) is 13.7. The number of carbonyl (C=O) groups excluding carboxylic acids is 3. The zero-order valence-corrected chi connectivity index (χ0v) is 16.7. The van der Waals surface area contributed by atoms with Gasteiger partial charge in [0.15, 0.2) is 0 Å². The molecule has 3 rings (SSSR count). The van der Waals surface area contributed by atoms with Crippen molar-refractivity contribution < 1.29 is 28.6 Å². The van der Waals surface area contributed by atoms with Crippen molar-refractivity contribution in [1.82, 2.24) is 5.32 Å². The van der Waals surface area contributed by atoms with Crippen LogP contribution in [0.3, 0.4) is 0 Å². The highest BCUT2D eigenvalue weighted by Gasteiger charge is 2.34. The second kappa shape index (κ2) is 7.98. The Bertz CT molecular complexity index is 948. The Morgan fingerprint density at radius 1 is 1.28 bits per heavy atom. The first-order valence-corrected chi connectivity index (χ1v) is 9.38. The van der Waals surface area contributed by atoms with E-state index in [-0.39, 0.29) is 29.7 Å². The van der Waals surface area contributed by atoms with Crippen LogP contribution in [0.2, 0.25) is 0 Å². The number of rotatable bonds is 4. The molecule has 8 heteroatoms. The molecular weight excluding hydrogens is 376 g/mol. The topological polar surface area (TPSA) is 112 Å². The summed E-state index contributed by atoms with van der Waals surface area (Å²) in [6.45, 7) is 6.93. The number of nitrogens with zero attached hydrogens (tertiary/aromatic N) is 1. The van der Waals surface area contributed by atoms with Crippen LogP contribution in [0.4, 0.5) is 10.5 Å². The number of hydrogen-bond acceptors (Lipinski definition) is 6. The van der Waals surface area contributed by atoms with Gasteiger partial charge < -0.3 is 29.3 Å². The van der Waals surface area contributed by atoms with Gasteiger partial charge in [0.25, 0.3) is 0 Å². The molecular formula is C21H23N2O6-. The van der Waals surface area contributed by atoms with Crippen LogP contribution in [0.1, 0.15) is 56.1 Å². The number of fused-ring (bicyclic) bond motifs is 1. The van der Waals surface area contributed by atoms with E-state index in [0.29, 0.717) is 23.4 Å². The highest BCUT2D eigenvalue weighted by Crippen LogP contribution is 2.40. The first kappa shape index (κ1) is 20.4. The van der Waals surface area contributed by atoms with E-state index in [1.807, 2.05) is 6.92 Å². The zero-order valence-electron chi connectivity index (χ0n) is 16.7. The number of ether oxygens (including phenoxy) is 1. The molecule has 0 aliphatic carbocycles. The Kier molecular flexibility index (Phi) is 5.63. The standard InChI is InChI=1S/C21H24N2O6/c1-11(2)29-21(27)22-17-7-12(3)23(13(4)24)18-6-5-14(8-16(17)18)19-9-15(10-28-19)20(25)26/h5-6,8-12,17H,7H2,1-4H3,(H,22,27)(H,25,26)/p-1/t12-,17?/m1/s1. The van der Waals surface area contributed by atoms with Gasteiger partial charge in [0.05, 0.1) is 18.1 Å². The van der Waals surface area contributed by atoms with E-state index < -0.39 is 12.1 Å². The number of hydrogen-bond donors (Lipinski definition) is 1. The van der Waals surface area contributed by atoms with Crippen LogP contribution in [0.5, 0.6) is 0 Å². The summed E-state index contributed by atoms with van der Waals surface area (Å²) in [4.78, 5) is 37.1. The van der Waals surface area contributed by atoms with Crippen molar-refractivity contribution in [2.75, 3.05) is 4.90 Å². The Labute approximate surface area is 168 Å². The van der Waals surface area contributed by atoms with Crippen molar-refractivity contribution in [3.05, 3.63) is 41.7 Å². The van der Waals surface area contributed by atoms with Crippen LogP contribution in [-0.2, 0) is 9.53 Å². The molecule has 0 fully saturated rings. The predicted octanol–water partition coefficient (Wildman–Crippen LogP) is 2.63. The van der Waals surface area contributed by atoms with Crippen molar-refractivity contribution in [2.45, 2.75) is 52.3 Å². The molecule has 8 nitrogen and oxygen atoms in total. The van der Waals surface area contributed by atoms with Crippen LogP contribution in [0.25, 0.3) is 11.3 Å². The molecule has 1 aromatic carbocycles. The summed E-state index contributed by atoms with van der Waals surface area (Å²) in [5, 5.41) is 13.9. The number of furan rings is 1. The van der Waals surface area contributed by atoms with E-state index in [1.54, 1.807) is 36.9 Å². The Balaban J connectivity index is 2.02. The monoisotopic (exact) mass is 399 g/mol. The maximum Gasteiger partial charge on any atom is 0.407 e. The largest absolute Gasteiger partial charge is 0.545 e. The second-order valence-electron chi connectivity index (χ2n) is 7.39. The van der Waals surface area contributed by atoms with Crippen molar-refractivity contribution in [3.63, 3.8) is 0 Å². The maximum atomic E-state index is 12.2. The number of carboxylic acid groups (broad SMARTS) is 1. The van der Waals surface area contributed by atoms with Crippen molar-refractivity contribution in [2.24, 2.45) is 0 Å². The molecule has 29 heavy (non-hydrogen) atoms. The number of carboxylic acids is 1. The van der Waals surface area contributed by atoms with Gasteiger partial charge in [0, 0.05) is 29.8 Å². The SMILES string of the molecule is CC(=O)N1c2ccc(-c3cc(C(=O)[O-])co3)cc2C(NC(=O)OC(C)C)C[C@H]1C. The third-order valence-corrected chi connectivity index (χ3v) is 4.77. The van der Waals surface area contributed by atoms with Gasteiger partial charge >= 0.3 is 6.09 Å². The Morgan fingerprint density at radius 2 is 2.00 bits per heavy atom. The molecule has 2 heterocycles. The fraction of sp³-hybridized carbons (Fsp3) is 0.381. The summed E-state index contributed by atoms with van der Waals surface area (Å²) in [5.74, 6) is -1.08. The lowest BCUT2D eigenvalue weighted by atomic mass is 9.90. The van der Waals surface area contributed by atoms with Gasteiger partial charge in [-0.1, -0.05) is 0 Å². The van der Waals surface area contributed by atoms with Crippen LogP contribution in [-0.4, -0.2) is 30.1 Å². The van der Waals surface area contributed by atoms with Crippen molar-refractivity contribution in [1.29, 1.82) is 0 Å². The molecule has 0 saturated heterocycles. The number of amides is 2. The van der Waals surface area contributed by atoms with Gasteiger partial charge in [-0.05, 0) is 57.0 Å². The summed E-state index contributed by atoms with van der Waals surface area (Å²) in [6.07, 6.45) is 0.818. The fourth-order valence-corrected chi connectivity index (χ4v) is 3.62. The predicted molar refractivity (Wildman–Crippen MR) is 103 cm³/mol. The lowest BCUT2D eigenvalue weighted by Crippen LogP contribution is -2.45. The summed E-state index contributed by atoms with van der Waals surface area (Å²) in [5.41, 5.74) is 1.97. The van der Waals surface area contributed by atoms with Crippen LogP contribution in [0, 0.1) is 0 Å².